The van der Waals surface area contributed by atoms with Crippen LogP contribution in [0.25, 0.3) is 0 Å². The molecule has 0 N–H and O–H groups in total. The molecule has 0 aromatic heterocycles. The summed E-state index contributed by atoms with van der Waals surface area (Å²) in [4.78, 5) is 0. The summed E-state index contributed by atoms with van der Waals surface area (Å²) in [5.41, 5.74) is 3.53. The molecule has 2 aromatic carbocycles. The Morgan fingerprint density at radius 2 is 2.00 bits per heavy atom. The van der Waals surface area contributed by atoms with Crippen LogP contribution in [0.3, 0.4) is 0 Å². The lowest BCUT2D eigenvalue weighted by atomic mass is 9.75. The van der Waals surface area contributed by atoms with Crippen LogP contribution in [-0.2, 0) is 17.7 Å². The smallest absolute Gasteiger partial charge is 0.123 e. The van der Waals surface area contributed by atoms with Crippen LogP contribution in [0.5, 0.6) is 5.75 Å². The van der Waals surface area contributed by atoms with Crippen molar-refractivity contribution in [2.24, 2.45) is 5.92 Å². The lowest BCUT2D eigenvalue weighted by Crippen LogP contribution is -2.43. The minimum Gasteiger partial charge on any atom is -0.489 e. The molecule has 0 amide bonds. The van der Waals surface area contributed by atoms with Crippen molar-refractivity contribution in [1.29, 1.82) is 0 Å². The molecular formula is C22H26O2S. The number of hydrogen-bond donors (Lipinski definition) is 0. The number of hydrogen-bond acceptors (Lipinski definition) is 3. The van der Waals surface area contributed by atoms with Gasteiger partial charge in [0.05, 0.1) is 7.47 Å². The van der Waals surface area contributed by atoms with E-state index in [0.29, 0.717) is 5.92 Å². The summed E-state index contributed by atoms with van der Waals surface area (Å²) in [5, 5.41) is 0. The van der Waals surface area contributed by atoms with Crippen LogP contribution in [0.1, 0.15) is 51.4 Å². The second kappa shape index (κ2) is 6.69. The van der Waals surface area contributed by atoms with E-state index in [-0.39, 0.29) is 16.3 Å². The summed E-state index contributed by atoms with van der Waals surface area (Å²) in [6.45, 7) is 6.12. The quantitative estimate of drug-likeness (QED) is 0.697. The van der Waals surface area contributed by atoms with Crippen molar-refractivity contribution in [2.45, 2.75) is 56.5 Å². The summed E-state index contributed by atoms with van der Waals surface area (Å²) in [7, 11) is 0. The SMILES string of the molecule is [2H]C(Oc1cccc2c1CC[C@H]1[C@@H]2O[C@@H](C)SC1(C)C)c1ccccc1. The average molecular weight is 356 g/mol. The second-order valence-corrected chi connectivity index (χ2v) is 9.41. The van der Waals surface area contributed by atoms with Crippen molar-refractivity contribution >= 4 is 11.8 Å². The summed E-state index contributed by atoms with van der Waals surface area (Å²) < 4.78 is 21.0. The standard InChI is InChI=1S/C22H26O2S/c1-15-24-21-18-10-7-11-20(23-14-16-8-5-4-6-9-16)17(18)12-13-19(21)22(2,3)25-15/h4-11,15,19,21H,12-14H2,1-3H3/t15-,19+,21-/m1/s1/i14D/t14?,15-,19+,21-. The van der Waals surface area contributed by atoms with Gasteiger partial charge < -0.3 is 9.47 Å². The zero-order valence-electron chi connectivity index (χ0n) is 16.1. The Morgan fingerprint density at radius 1 is 1.20 bits per heavy atom. The number of ether oxygens (including phenoxy) is 2. The first-order chi connectivity index (χ1) is 12.5. The first-order valence-electron chi connectivity index (χ1n) is 9.62. The lowest BCUT2D eigenvalue weighted by Gasteiger charge is -2.49. The van der Waals surface area contributed by atoms with Gasteiger partial charge in [-0.15, -0.1) is 11.8 Å². The summed E-state index contributed by atoms with van der Waals surface area (Å²) in [6, 6.07) is 15.9. The molecule has 1 saturated heterocycles. The molecule has 3 heteroatoms. The third-order valence-electron chi connectivity index (χ3n) is 5.37. The van der Waals surface area contributed by atoms with Crippen LogP contribution >= 0.6 is 11.8 Å². The Kier molecular flexibility index (Phi) is 4.23. The van der Waals surface area contributed by atoms with Gasteiger partial charge in [-0.1, -0.05) is 56.3 Å². The maximum atomic E-state index is 8.39. The van der Waals surface area contributed by atoms with Crippen molar-refractivity contribution < 1.29 is 10.8 Å². The van der Waals surface area contributed by atoms with Crippen molar-refractivity contribution in [1.82, 2.24) is 0 Å². The maximum absolute atomic E-state index is 8.39. The Morgan fingerprint density at radius 3 is 2.80 bits per heavy atom. The predicted octanol–water partition coefficient (Wildman–Crippen LogP) is 5.76. The highest BCUT2D eigenvalue weighted by molar-refractivity contribution is 8.01. The molecule has 132 valence electrons. The number of rotatable bonds is 3. The van der Waals surface area contributed by atoms with Gasteiger partial charge in [0.2, 0.25) is 0 Å². The van der Waals surface area contributed by atoms with E-state index in [9.17, 15) is 0 Å². The fraction of sp³-hybridized carbons (Fsp3) is 0.455. The topological polar surface area (TPSA) is 18.5 Å². The van der Waals surface area contributed by atoms with E-state index >= 15 is 0 Å². The molecule has 1 unspecified atom stereocenters. The van der Waals surface area contributed by atoms with Gasteiger partial charge in [-0.25, -0.2) is 0 Å². The molecule has 2 aliphatic rings. The van der Waals surface area contributed by atoms with Crippen molar-refractivity contribution in [2.75, 3.05) is 0 Å². The summed E-state index contributed by atoms with van der Waals surface area (Å²) >= 11 is 1.93. The molecule has 0 spiro atoms. The second-order valence-electron chi connectivity index (χ2n) is 7.46. The van der Waals surface area contributed by atoms with Crippen LogP contribution in [0.2, 0.25) is 0 Å². The van der Waals surface area contributed by atoms with Gasteiger partial charge in [-0.05, 0) is 42.5 Å². The van der Waals surface area contributed by atoms with E-state index in [2.05, 4.69) is 26.8 Å². The van der Waals surface area contributed by atoms with Crippen LogP contribution < -0.4 is 4.74 Å². The lowest BCUT2D eigenvalue weighted by molar-refractivity contribution is -0.0301. The van der Waals surface area contributed by atoms with Crippen LogP contribution in [0.4, 0.5) is 0 Å². The molecule has 1 aliphatic heterocycles. The maximum Gasteiger partial charge on any atom is 0.123 e. The Balaban J connectivity index is 1.64. The monoisotopic (exact) mass is 355 g/mol. The molecule has 0 bridgehead atoms. The zero-order chi connectivity index (χ0) is 18.3. The van der Waals surface area contributed by atoms with Gasteiger partial charge in [-0.3, -0.25) is 0 Å². The first-order valence-corrected chi connectivity index (χ1v) is 9.92. The highest BCUT2D eigenvalue weighted by atomic mass is 32.2. The minimum absolute atomic E-state index is 0.120. The van der Waals surface area contributed by atoms with Crippen LogP contribution in [-0.4, -0.2) is 10.2 Å². The first kappa shape index (κ1) is 15.8. The molecule has 0 saturated carbocycles. The molecule has 2 nitrogen and oxygen atoms in total. The average Bonchev–Trinajstić information content (AvgIpc) is 2.61. The Hall–Kier alpha value is -1.45. The molecule has 1 aliphatic carbocycles. The Bertz CT molecular complexity index is 777. The summed E-state index contributed by atoms with van der Waals surface area (Å²) in [5.74, 6) is 1.34. The molecular weight excluding hydrogens is 328 g/mol. The van der Waals surface area contributed by atoms with Crippen molar-refractivity contribution in [3.8, 4) is 5.75 Å². The van der Waals surface area contributed by atoms with Gasteiger partial charge in [0, 0.05) is 10.7 Å². The molecule has 0 radical (unpaired) electrons. The molecule has 1 fully saturated rings. The molecule has 4 atom stereocenters. The van der Waals surface area contributed by atoms with Crippen LogP contribution in [0, 0.1) is 5.92 Å². The predicted molar refractivity (Wildman–Crippen MR) is 104 cm³/mol. The normalized spacial score (nSPS) is 29.1. The van der Waals surface area contributed by atoms with E-state index in [0.717, 1.165) is 24.2 Å². The number of benzene rings is 2. The van der Waals surface area contributed by atoms with E-state index < -0.39 is 6.58 Å². The van der Waals surface area contributed by atoms with Gasteiger partial charge in [-0.2, -0.15) is 0 Å². The van der Waals surface area contributed by atoms with Gasteiger partial charge >= 0.3 is 0 Å². The largest absolute Gasteiger partial charge is 0.489 e. The highest BCUT2D eigenvalue weighted by Crippen LogP contribution is 2.54. The van der Waals surface area contributed by atoms with Crippen LogP contribution in [0.15, 0.2) is 48.5 Å². The van der Waals surface area contributed by atoms with Crippen molar-refractivity contribution in [3.63, 3.8) is 0 Å². The molecule has 4 rings (SSSR count). The van der Waals surface area contributed by atoms with E-state index in [1.807, 2.05) is 54.2 Å². The summed E-state index contributed by atoms with van der Waals surface area (Å²) in [6.07, 6.45) is 2.20. The molecule has 2 aromatic rings. The number of thioether (sulfide) groups is 1. The van der Waals surface area contributed by atoms with Crippen molar-refractivity contribution in [3.05, 3.63) is 65.2 Å². The fourth-order valence-electron chi connectivity index (χ4n) is 4.19. The molecule has 25 heavy (non-hydrogen) atoms. The fourth-order valence-corrected chi connectivity index (χ4v) is 5.63. The minimum atomic E-state index is -0.710. The van der Waals surface area contributed by atoms with Gasteiger partial charge in [0.1, 0.15) is 17.8 Å². The highest BCUT2D eigenvalue weighted by Gasteiger charge is 2.46. The zero-order valence-corrected chi connectivity index (χ0v) is 15.9. The third-order valence-corrected chi connectivity index (χ3v) is 6.72. The van der Waals surface area contributed by atoms with Gasteiger partial charge in [0.25, 0.3) is 0 Å². The van der Waals surface area contributed by atoms with Gasteiger partial charge in [0.15, 0.2) is 0 Å². The third kappa shape index (κ3) is 3.32. The molecule has 1 heterocycles. The number of fused-ring (bicyclic) bond motifs is 3. The van der Waals surface area contributed by atoms with E-state index in [1.54, 1.807) is 0 Å². The van der Waals surface area contributed by atoms with E-state index in [1.165, 1.54) is 11.1 Å². The Labute approximate surface area is 156 Å². The van der Waals surface area contributed by atoms with E-state index in [4.69, 9.17) is 10.8 Å².